The molecule has 1 aromatic carbocycles. The molecule has 0 saturated heterocycles. The molecular weight excluding hydrogens is 256 g/mol. The Morgan fingerprint density at radius 3 is 2.40 bits per heavy atom. The molecule has 2 unspecified atom stereocenters. The fourth-order valence-electron chi connectivity index (χ4n) is 3.52. The monoisotopic (exact) mass is 281 g/mol. The summed E-state index contributed by atoms with van der Waals surface area (Å²) in [5.74, 6) is -0.548. The van der Waals surface area contributed by atoms with Gasteiger partial charge in [0.2, 0.25) is 0 Å². The molecule has 1 nitrogen and oxygen atoms in total. The Balaban J connectivity index is 2.31. The largest absolute Gasteiger partial charge is 0.310 e. The lowest BCUT2D eigenvalue weighted by Crippen LogP contribution is -2.34. The average molecular weight is 281 g/mol. The van der Waals surface area contributed by atoms with Crippen LogP contribution in [0.1, 0.15) is 58.1 Å². The van der Waals surface area contributed by atoms with E-state index in [1.807, 2.05) is 0 Å². The summed E-state index contributed by atoms with van der Waals surface area (Å²) in [6.07, 6.45) is 4.51. The van der Waals surface area contributed by atoms with Crippen LogP contribution in [-0.2, 0) is 0 Å². The van der Waals surface area contributed by atoms with Crippen LogP contribution in [0.5, 0.6) is 0 Å². The summed E-state index contributed by atoms with van der Waals surface area (Å²) in [4.78, 5) is 0. The van der Waals surface area contributed by atoms with Crippen molar-refractivity contribution in [3.05, 3.63) is 35.4 Å². The maximum atomic E-state index is 13.5. The molecule has 20 heavy (non-hydrogen) atoms. The van der Waals surface area contributed by atoms with Gasteiger partial charge in [-0.3, -0.25) is 0 Å². The van der Waals surface area contributed by atoms with Gasteiger partial charge in [0, 0.05) is 12.1 Å². The smallest absolute Gasteiger partial charge is 0.126 e. The van der Waals surface area contributed by atoms with Crippen molar-refractivity contribution >= 4 is 0 Å². The minimum atomic E-state index is -0.487. The van der Waals surface area contributed by atoms with Crippen LogP contribution < -0.4 is 5.32 Å². The van der Waals surface area contributed by atoms with Crippen LogP contribution in [0, 0.1) is 23.0 Å². The highest BCUT2D eigenvalue weighted by molar-refractivity contribution is 5.23. The average Bonchev–Trinajstić information content (AvgIpc) is 2.69. The zero-order valence-corrected chi connectivity index (χ0v) is 12.7. The highest BCUT2D eigenvalue weighted by Crippen LogP contribution is 2.48. The number of benzene rings is 1. The van der Waals surface area contributed by atoms with Gasteiger partial charge < -0.3 is 5.32 Å². The fourth-order valence-corrected chi connectivity index (χ4v) is 3.52. The van der Waals surface area contributed by atoms with Crippen LogP contribution >= 0.6 is 0 Å². The van der Waals surface area contributed by atoms with E-state index in [1.165, 1.54) is 25.0 Å². The highest BCUT2D eigenvalue weighted by Gasteiger charge is 2.40. The first-order valence-corrected chi connectivity index (χ1v) is 7.63. The highest BCUT2D eigenvalue weighted by atomic mass is 19.1. The molecule has 112 valence electrons. The van der Waals surface area contributed by atoms with E-state index in [-0.39, 0.29) is 11.5 Å². The first kappa shape index (κ1) is 15.4. The number of nitrogens with one attached hydrogen (secondary N) is 1. The van der Waals surface area contributed by atoms with E-state index in [9.17, 15) is 8.78 Å². The molecule has 0 aromatic heterocycles. The first-order chi connectivity index (χ1) is 9.44. The second-order valence-electron chi connectivity index (χ2n) is 6.62. The Bertz CT molecular complexity index is 436. The second kappa shape index (κ2) is 6.21. The lowest BCUT2D eigenvalue weighted by Gasteiger charge is -2.35. The molecule has 2 atom stereocenters. The predicted octanol–water partition coefficient (Wildman–Crippen LogP) is 4.83. The summed E-state index contributed by atoms with van der Waals surface area (Å²) in [7, 11) is 0. The van der Waals surface area contributed by atoms with E-state index in [2.05, 4.69) is 26.1 Å². The summed E-state index contributed by atoms with van der Waals surface area (Å²) in [5, 5.41) is 3.50. The van der Waals surface area contributed by atoms with Crippen LogP contribution in [0.3, 0.4) is 0 Å². The molecule has 1 N–H and O–H groups in total. The Morgan fingerprint density at radius 2 is 1.90 bits per heavy atom. The Morgan fingerprint density at radius 1 is 1.25 bits per heavy atom. The normalized spacial score (nSPS) is 22.9. The summed E-state index contributed by atoms with van der Waals surface area (Å²) in [6.45, 7) is 7.51. The van der Waals surface area contributed by atoms with Gasteiger partial charge in [0.25, 0.3) is 0 Å². The van der Waals surface area contributed by atoms with Crippen LogP contribution in [0.25, 0.3) is 0 Å². The molecule has 1 aliphatic rings. The van der Waals surface area contributed by atoms with Crippen molar-refractivity contribution in [2.45, 2.75) is 52.5 Å². The lowest BCUT2D eigenvalue weighted by atomic mass is 9.75. The molecule has 1 aromatic rings. The van der Waals surface area contributed by atoms with Crippen LogP contribution in [0.2, 0.25) is 0 Å². The van der Waals surface area contributed by atoms with Gasteiger partial charge in [-0.1, -0.05) is 27.2 Å². The molecule has 0 spiro atoms. The van der Waals surface area contributed by atoms with Crippen molar-refractivity contribution in [1.29, 1.82) is 0 Å². The van der Waals surface area contributed by atoms with E-state index in [0.29, 0.717) is 5.92 Å². The third kappa shape index (κ3) is 3.38. The summed E-state index contributed by atoms with van der Waals surface area (Å²) in [5.41, 5.74) is 0.963. The maximum absolute atomic E-state index is 13.5. The van der Waals surface area contributed by atoms with E-state index in [0.717, 1.165) is 31.0 Å². The first-order valence-electron chi connectivity index (χ1n) is 7.63. The molecule has 0 heterocycles. The quantitative estimate of drug-likeness (QED) is 0.815. The van der Waals surface area contributed by atoms with Crippen molar-refractivity contribution in [2.75, 3.05) is 6.54 Å². The number of hydrogen-bond acceptors (Lipinski definition) is 1. The predicted molar refractivity (Wildman–Crippen MR) is 78.5 cm³/mol. The van der Waals surface area contributed by atoms with Crippen molar-refractivity contribution in [3.63, 3.8) is 0 Å². The van der Waals surface area contributed by atoms with Gasteiger partial charge in [-0.2, -0.15) is 0 Å². The molecular formula is C17H25F2N. The summed E-state index contributed by atoms with van der Waals surface area (Å²) >= 11 is 0. The van der Waals surface area contributed by atoms with Gasteiger partial charge in [0.15, 0.2) is 0 Å². The van der Waals surface area contributed by atoms with Gasteiger partial charge in [0.05, 0.1) is 0 Å². The van der Waals surface area contributed by atoms with Crippen LogP contribution in [-0.4, -0.2) is 6.54 Å². The van der Waals surface area contributed by atoms with Gasteiger partial charge in [0.1, 0.15) is 11.6 Å². The van der Waals surface area contributed by atoms with Crippen molar-refractivity contribution in [2.24, 2.45) is 11.3 Å². The summed E-state index contributed by atoms with van der Waals surface area (Å²) in [6, 6.07) is 3.94. The van der Waals surface area contributed by atoms with Gasteiger partial charge >= 0.3 is 0 Å². The van der Waals surface area contributed by atoms with Gasteiger partial charge in [-0.25, -0.2) is 8.78 Å². The van der Waals surface area contributed by atoms with Gasteiger partial charge in [-0.05, 0) is 54.8 Å². The molecule has 0 bridgehead atoms. The minimum Gasteiger partial charge on any atom is -0.310 e. The maximum Gasteiger partial charge on any atom is 0.126 e. The van der Waals surface area contributed by atoms with E-state index >= 15 is 0 Å². The molecule has 1 saturated carbocycles. The minimum absolute atomic E-state index is 0.0395. The molecule has 2 rings (SSSR count). The third-order valence-electron chi connectivity index (χ3n) is 4.60. The molecule has 3 heteroatoms. The Hall–Kier alpha value is -0.960. The van der Waals surface area contributed by atoms with E-state index in [1.54, 1.807) is 0 Å². The molecule has 1 aliphatic carbocycles. The number of halogens is 2. The Kier molecular flexibility index (Phi) is 4.79. The van der Waals surface area contributed by atoms with Gasteiger partial charge in [-0.15, -0.1) is 0 Å². The Labute approximate surface area is 120 Å². The zero-order chi connectivity index (χ0) is 14.8. The second-order valence-corrected chi connectivity index (χ2v) is 6.62. The fraction of sp³-hybridized carbons (Fsp3) is 0.647. The SMILES string of the molecule is CCCNC(c1cc(F)cc(F)c1)C1CCCC1(C)C. The number of hydrogen-bond donors (Lipinski definition) is 1. The van der Waals surface area contributed by atoms with Crippen molar-refractivity contribution < 1.29 is 8.78 Å². The third-order valence-corrected chi connectivity index (χ3v) is 4.60. The van der Waals surface area contributed by atoms with Crippen molar-refractivity contribution in [3.8, 4) is 0 Å². The number of rotatable bonds is 5. The summed E-state index contributed by atoms with van der Waals surface area (Å²) < 4.78 is 27.0. The topological polar surface area (TPSA) is 12.0 Å². The van der Waals surface area contributed by atoms with Crippen LogP contribution in [0.15, 0.2) is 18.2 Å². The molecule has 0 radical (unpaired) electrons. The van der Waals surface area contributed by atoms with Crippen molar-refractivity contribution in [1.82, 2.24) is 5.32 Å². The zero-order valence-electron chi connectivity index (χ0n) is 12.7. The van der Waals surface area contributed by atoms with E-state index in [4.69, 9.17) is 0 Å². The molecule has 0 amide bonds. The molecule has 0 aliphatic heterocycles. The van der Waals surface area contributed by atoms with Crippen LogP contribution in [0.4, 0.5) is 8.78 Å². The standard InChI is InChI=1S/C17H25F2N/c1-4-8-20-16(15-6-5-7-17(15,2)3)12-9-13(18)11-14(19)10-12/h9-11,15-16,20H,4-8H2,1-3H3. The molecule has 1 fully saturated rings. The lowest BCUT2D eigenvalue weighted by molar-refractivity contribution is 0.197. The van der Waals surface area contributed by atoms with E-state index < -0.39 is 11.6 Å².